The molecular formula is C59H60Cl4F4N4O11S. The lowest BCUT2D eigenvalue weighted by Crippen LogP contribution is -2.47. The number of anilines is 3. The second-order valence-electron chi connectivity index (χ2n) is 19.7. The van der Waals surface area contributed by atoms with E-state index in [9.17, 15) is 50.0 Å². The molecule has 4 amide bonds. The summed E-state index contributed by atoms with van der Waals surface area (Å²) < 4.78 is 97.8. The number of nitrogens with zero attached hydrogens (tertiary/aromatic N) is 4. The van der Waals surface area contributed by atoms with Crippen LogP contribution in [-0.4, -0.2) is 98.5 Å². The number of amides is 4. The maximum absolute atomic E-state index is 14.4. The third-order valence-electron chi connectivity index (χ3n) is 13.6. The van der Waals surface area contributed by atoms with E-state index in [0.717, 1.165) is 77.9 Å². The van der Waals surface area contributed by atoms with Gasteiger partial charge in [-0.3, -0.25) is 24.0 Å². The first-order valence-electron chi connectivity index (χ1n) is 26.1. The number of hydrogen-bond donors (Lipinski definition) is 0. The van der Waals surface area contributed by atoms with Crippen LogP contribution in [0.25, 0.3) is 0 Å². The Hall–Kier alpha value is -6.47. The summed E-state index contributed by atoms with van der Waals surface area (Å²) in [5.41, 5.74) is 3.37. The molecule has 0 bridgehead atoms. The smallest absolute Gasteiger partial charge is 0.416 e. The fourth-order valence-corrected chi connectivity index (χ4v) is 10.9. The first-order valence-corrected chi connectivity index (χ1v) is 29.8. The summed E-state index contributed by atoms with van der Waals surface area (Å²) in [5, 5.41) is 3.58. The molecule has 1 fully saturated rings. The lowest BCUT2D eigenvalue weighted by molar-refractivity contribution is -0.137. The molecule has 0 saturated heterocycles. The molecule has 0 N–H and O–H groups in total. The Balaban J connectivity index is 0.000000180. The zero-order chi connectivity index (χ0) is 61.2. The fraction of sp³-hybridized carbons (Fsp3) is 0.390. The summed E-state index contributed by atoms with van der Waals surface area (Å²) in [5.74, 6) is 0.742. The lowest BCUT2D eigenvalue weighted by Gasteiger charge is -2.35. The van der Waals surface area contributed by atoms with Crippen LogP contribution in [0.4, 0.5) is 34.6 Å². The molecule has 83 heavy (non-hydrogen) atoms. The Bertz CT molecular complexity index is 3410. The van der Waals surface area contributed by atoms with E-state index in [4.69, 9.17) is 71.6 Å². The number of sulfone groups is 1. The number of hydrogen-bond acceptors (Lipinski definition) is 12. The first-order chi connectivity index (χ1) is 39.2. The van der Waals surface area contributed by atoms with E-state index in [-0.39, 0.29) is 63.3 Å². The van der Waals surface area contributed by atoms with Crippen LogP contribution in [0.1, 0.15) is 111 Å². The number of rotatable bonds is 14. The summed E-state index contributed by atoms with van der Waals surface area (Å²) in [6.45, 7) is 10.5. The standard InChI is InChI=1S/C18H15ClFNO3.C15H22ClNO2.C15H12F3NO4S.C11H11Cl2NO2/c1-3-10(2)24-16-9-15(14(20)8-13(16)19)21-17(22)11-6-4-5-7-12(11)18(21)23;1-5-13-8-6-7-11(2)15(13)17(14(18)9-16)12(3)10-19-4;1-24(21,22)12-6-9(15(16,17)18)4-5-10(12)13(20)11-7-19-23-14(11)8-2-3-8;1-7-6-16-9-5-3-2-4-8(9)14(7)11(15)10(12)13/h1,8-10H,4-7H2,2H3;6-8,12H,5,9-10H2,1-4H3;4-8H,2-3H2,1H3;2-5,7,10H,6H2,1H3. The highest BCUT2D eigenvalue weighted by atomic mass is 35.5. The van der Waals surface area contributed by atoms with Crippen LogP contribution in [0.15, 0.2) is 99.6 Å². The minimum atomic E-state index is -4.71. The van der Waals surface area contributed by atoms with Gasteiger partial charge in [0.2, 0.25) is 5.91 Å². The minimum Gasteiger partial charge on any atom is -0.489 e. The van der Waals surface area contributed by atoms with Gasteiger partial charge in [0.25, 0.3) is 17.7 Å². The summed E-state index contributed by atoms with van der Waals surface area (Å²) in [4.78, 5) is 64.3. The van der Waals surface area contributed by atoms with Gasteiger partial charge in [0.05, 0.1) is 63.0 Å². The second kappa shape index (κ2) is 28.4. The highest BCUT2D eigenvalue weighted by Gasteiger charge is 2.42. The number of aryl methyl sites for hydroxylation is 2. The number of carbonyl (C=O) groups is 5. The summed E-state index contributed by atoms with van der Waals surface area (Å²) in [6.07, 6.45) is 7.20. The van der Waals surface area contributed by atoms with Gasteiger partial charge in [-0.1, -0.05) is 83.1 Å². The summed E-state index contributed by atoms with van der Waals surface area (Å²) >= 11 is 23.0. The van der Waals surface area contributed by atoms with E-state index < -0.39 is 60.8 Å². The summed E-state index contributed by atoms with van der Waals surface area (Å²) in [6, 6.07) is 17.6. The van der Waals surface area contributed by atoms with Gasteiger partial charge >= 0.3 is 6.18 Å². The maximum atomic E-state index is 14.4. The van der Waals surface area contributed by atoms with Crippen molar-refractivity contribution in [1.82, 2.24) is 5.16 Å². The molecule has 24 heteroatoms. The third kappa shape index (κ3) is 15.7. The number of fused-ring (bicyclic) bond motifs is 1. The normalized spacial score (nSPS) is 16.3. The fourth-order valence-electron chi connectivity index (χ4n) is 9.42. The highest BCUT2D eigenvalue weighted by Crippen LogP contribution is 2.43. The number of methoxy groups -OCH3 is 1. The number of halogens is 8. The van der Waals surface area contributed by atoms with Crippen molar-refractivity contribution in [1.29, 1.82) is 0 Å². The number of alkyl halides is 6. The van der Waals surface area contributed by atoms with Gasteiger partial charge in [-0.2, -0.15) is 13.2 Å². The highest BCUT2D eigenvalue weighted by molar-refractivity contribution is 7.90. The number of terminal acetylenes is 1. The van der Waals surface area contributed by atoms with Crippen LogP contribution in [0.2, 0.25) is 5.02 Å². The van der Waals surface area contributed by atoms with E-state index in [1.807, 2.05) is 57.2 Å². The predicted molar refractivity (Wildman–Crippen MR) is 309 cm³/mol. The van der Waals surface area contributed by atoms with Crippen molar-refractivity contribution in [2.75, 3.05) is 47.2 Å². The van der Waals surface area contributed by atoms with Crippen LogP contribution in [0, 0.1) is 25.1 Å². The van der Waals surface area contributed by atoms with Crippen LogP contribution in [-0.2, 0) is 46.3 Å². The molecule has 0 spiro atoms. The van der Waals surface area contributed by atoms with Gasteiger partial charge in [0.15, 0.2) is 32.3 Å². The zero-order valence-electron chi connectivity index (χ0n) is 46.3. The molecule has 3 atom stereocenters. The molecule has 4 aliphatic rings. The summed E-state index contributed by atoms with van der Waals surface area (Å²) in [7, 11) is -2.40. The van der Waals surface area contributed by atoms with Crippen molar-refractivity contribution >= 4 is 103 Å². The molecule has 1 saturated carbocycles. The van der Waals surface area contributed by atoms with Crippen molar-refractivity contribution in [3.05, 3.63) is 135 Å². The number of benzene rings is 4. The van der Waals surface area contributed by atoms with Gasteiger partial charge in [0, 0.05) is 42.1 Å². The Morgan fingerprint density at radius 3 is 2.17 bits per heavy atom. The van der Waals surface area contributed by atoms with E-state index in [1.165, 1.54) is 12.3 Å². The molecule has 2 aliphatic carbocycles. The van der Waals surface area contributed by atoms with E-state index in [1.54, 1.807) is 23.8 Å². The maximum Gasteiger partial charge on any atom is 0.416 e. The monoisotopic (exact) mass is 1250 g/mol. The van der Waals surface area contributed by atoms with Crippen LogP contribution < -0.4 is 24.2 Å². The number of ketones is 1. The zero-order valence-corrected chi connectivity index (χ0v) is 50.1. The third-order valence-corrected chi connectivity index (χ3v) is 15.6. The Morgan fingerprint density at radius 2 is 1.60 bits per heavy atom. The molecule has 9 rings (SSSR count). The Labute approximate surface area is 499 Å². The molecule has 15 nitrogen and oxygen atoms in total. The number of imide groups is 1. The molecular weight excluding hydrogens is 1190 g/mol. The molecule has 0 radical (unpaired) electrons. The molecule has 5 aromatic rings. The van der Waals surface area contributed by atoms with Gasteiger partial charge in [-0.05, 0) is 120 Å². The van der Waals surface area contributed by atoms with E-state index in [0.29, 0.717) is 60.8 Å². The average Bonchev–Trinajstić information content (AvgIpc) is 3.61. The Kier molecular flexibility index (Phi) is 22.5. The molecule has 3 heterocycles. The van der Waals surface area contributed by atoms with E-state index in [2.05, 4.69) is 24.1 Å². The first kappa shape index (κ1) is 65.7. The SMILES string of the molecule is C#CC(C)Oc1cc(N2C(=O)C3=C(CCCC3)C2=O)c(F)cc1Cl.CC1COc2ccccc2N1C(=O)C(Cl)Cl.CCc1cccc(C)c1N(C(=O)CCl)C(C)COC.CS(=O)(=O)c1cc(C(F)(F)F)ccc1C(=O)c1cnoc1C1CC1. The van der Waals surface area contributed by atoms with Crippen molar-refractivity contribution in [2.45, 2.75) is 120 Å². The van der Waals surface area contributed by atoms with Crippen LogP contribution >= 0.6 is 46.4 Å². The van der Waals surface area contributed by atoms with Crippen molar-refractivity contribution < 1.29 is 68.7 Å². The minimum absolute atomic E-state index is 0.0223. The molecule has 4 aromatic carbocycles. The van der Waals surface area contributed by atoms with Crippen LogP contribution in [0.5, 0.6) is 11.5 Å². The van der Waals surface area contributed by atoms with Gasteiger partial charge in [-0.25, -0.2) is 17.7 Å². The van der Waals surface area contributed by atoms with Crippen molar-refractivity contribution in [3.8, 4) is 23.8 Å². The number of ether oxygens (including phenoxy) is 3. The number of para-hydroxylation sites is 3. The lowest BCUT2D eigenvalue weighted by atomic mass is 9.93. The predicted octanol–water partition coefficient (Wildman–Crippen LogP) is 12.6. The molecule has 1 aromatic heterocycles. The molecule has 444 valence electrons. The molecule has 3 unspecified atom stereocenters. The van der Waals surface area contributed by atoms with Gasteiger partial charge in [-0.15, -0.1) is 18.0 Å². The van der Waals surface area contributed by atoms with Crippen molar-refractivity contribution in [3.63, 3.8) is 0 Å². The van der Waals surface area contributed by atoms with Crippen molar-refractivity contribution in [2.24, 2.45) is 0 Å². The Morgan fingerprint density at radius 1 is 0.952 bits per heavy atom. The van der Waals surface area contributed by atoms with E-state index >= 15 is 0 Å². The number of carbonyl (C=O) groups excluding carboxylic acids is 5. The van der Waals surface area contributed by atoms with Gasteiger partial charge in [0.1, 0.15) is 29.8 Å². The second-order valence-corrected chi connectivity index (χ2v) is 23.5. The topological polar surface area (TPSA) is 183 Å². The van der Waals surface area contributed by atoms with Gasteiger partial charge < -0.3 is 28.5 Å². The number of aromatic nitrogens is 1. The quantitative estimate of drug-likeness (QED) is 0.0338. The van der Waals surface area contributed by atoms with Crippen LogP contribution in [0.3, 0.4) is 0 Å². The largest absolute Gasteiger partial charge is 0.489 e. The average molecular weight is 1250 g/mol. The molecule has 2 aliphatic heterocycles.